The van der Waals surface area contributed by atoms with Crippen molar-refractivity contribution in [3.8, 4) is 11.5 Å². The molecule has 1 atom stereocenters. The van der Waals surface area contributed by atoms with Gasteiger partial charge in [0.05, 0.1) is 12.0 Å². The largest absolute Gasteiger partial charge is 0.497 e. The number of benzene rings is 5. The van der Waals surface area contributed by atoms with Gasteiger partial charge in [-0.15, -0.1) is 0 Å². The van der Waals surface area contributed by atoms with E-state index in [-0.39, 0.29) is 35.2 Å². The van der Waals surface area contributed by atoms with Crippen LogP contribution in [0.4, 0.5) is 10.1 Å². The molecule has 0 bridgehead atoms. The molecule has 0 saturated heterocycles. The van der Waals surface area contributed by atoms with Crippen LogP contribution >= 0.6 is 0 Å². The van der Waals surface area contributed by atoms with Crippen molar-refractivity contribution in [2.24, 2.45) is 0 Å². The van der Waals surface area contributed by atoms with Crippen molar-refractivity contribution in [2.75, 3.05) is 25.0 Å². The second-order valence-corrected chi connectivity index (χ2v) is 13.2. The third-order valence-electron chi connectivity index (χ3n) is 7.93. The molecule has 11 heteroatoms. The lowest BCUT2D eigenvalue weighted by molar-refractivity contribution is -0.142. The predicted octanol–water partition coefficient (Wildman–Crippen LogP) is 6.01. The minimum Gasteiger partial charge on any atom is -0.497 e. The number of carbonyl (C=O) groups excluding carboxylic acids is 2. The molecule has 0 aliphatic heterocycles. The summed E-state index contributed by atoms with van der Waals surface area (Å²) in [5.74, 6) is -0.297. The number of nitrogens with zero attached hydrogens (tertiary/aromatic N) is 1. The van der Waals surface area contributed by atoms with E-state index >= 15 is 0 Å². The fourth-order valence-corrected chi connectivity index (χ4v) is 6.31. The Bertz CT molecular complexity index is 1940. The fourth-order valence-electron chi connectivity index (χ4n) is 5.25. The van der Waals surface area contributed by atoms with Gasteiger partial charge in [0, 0.05) is 25.2 Å². The third kappa shape index (κ3) is 10.2. The molecular formula is C39H38FN3O6S. The number of hydrogen-bond donors (Lipinski definition) is 2. The molecule has 0 unspecified atom stereocenters. The zero-order valence-electron chi connectivity index (χ0n) is 27.5. The highest BCUT2D eigenvalue weighted by molar-refractivity contribution is 7.92. The summed E-state index contributed by atoms with van der Waals surface area (Å²) in [5, 5.41) is 3.03. The number of methoxy groups -OCH3 is 1. The van der Waals surface area contributed by atoms with Crippen molar-refractivity contribution < 1.29 is 31.9 Å². The van der Waals surface area contributed by atoms with Crippen molar-refractivity contribution in [3.63, 3.8) is 0 Å². The van der Waals surface area contributed by atoms with Crippen LogP contribution in [-0.4, -0.2) is 51.4 Å². The normalized spacial score (nSPS) is 11.6. The number of anilines is 1. The minimum atomic E-state index is -3.96. The third-order valence-corrected chi connectivity index (χ3v) is 9.33. The van der Waals surface area contributed by atoms with E-state index in [4.69, 9.17) is 9.47 Å². The van der Waals surface area contributed by atoms with Gasteiger partial charge in [-0.25, -0.2) is 12.8 Å². The van der Waals surface area contributed by atoms with Gasteiger partial charge in [0.25, 0.3) is 15.9 Å². The quantitative estimate of drug-likeness (QED) is 0.131. The van der Waals surface area contributed by atoms with E-state index in [2.05, 4.69) is 10.0 Å². The minimum absolute atomic E-state index is 0.0447. The summed E-state index contributed by atoms with van der Waals surface area (Å²) in [6.45, 7) is 0.112. The number of ether oxygens (including phenoxy) is 2. The van der Waals surface area contributed by atoms with E-state index in [1.54, 1.807) is 19.2 Å². The number of carbonyl (C=O) groups is 2. The fraction of sp³-hybridized carbons (Fsp3) is 0.179. The van der Waals surface area contributed by atoms with Crippen molar-refractivity contribution >= 4 is 27.5 Å². The van der Waals surface area contributed by atoms with Gasteiger partial charge in [-0.2, -0.15) is 0 Å². The molecule has 0 heterocycles. The molecule has 50 heavy (non-hydrogen) atoms. The van der Waals surface area contributed by atoms with Crippen molar-refractivity contribution in [2.45, 2.75) is 30.3 Å². The Balaban J connectivity index is 1.33. The van der Waals surface area contributed by atoms with Gasteiger partial charge in [-0.3, -0.25) is 14.3 Å². The van der Waals surface area contributed by atoms with Gasteiger partial charge >= 0.3 is 0 Å². The molecule has 5 rings (SSSR count). The Hall–Kier alpha value is -5.68. The van der Waals surface area contributed by atoms with Crippen LogP contribution in [0.15, 0.2) is 138 Å². The highest BCUT2D eigenvalue weighted by atomic mass is 32.2. The summed E-state index contributed by atoms with van der Waals surface area (Å²) in [6.07, 6.45) is 0.902. The Morgan fingerprint density at radius 2 is 1.34 bits per heavy atom. The van der Waals surface area contributed by atoms with Crippen LogP contribution in [0.5, 0.6) is 11.5 Å². The molecule has 0 aliphatic rings. The molecular weight excluding hydrogens is 658 g/mol. The lowest BCUT2D eigenvalue weighted by Gasteiger charge is -2.31. The van der Waals surface area contributed by atoms with Crippen molar-refractivity contribution in [3.05, 3.63) is 156 Å². The van der Waals surface area contributed by atoms with E-state index < -0.39 is 34.4 Å². The Labute approximate surface area is 291 Å². The number of hydrogen-bond acceptors (Lipinski definition) is 6. The van der Waals surface area contributed by atoms with Gasteiger partial charge < -0.3 is 19.7 Å². The molecule has 0 fully saturated rings. The number of amides is 2. The SMILES string of the molecule is COc1ccc(CN(C(=O)COc2ccc(S(=O)(=O)Nc3ccc(F)cc3)cc2)[C@H](Cc2ccccc2)C(=O)NCCc2ccccc2)cc1. The van der Waals surface area contributed by atoms with Crippen LogP contribution in [-0.2, 0) is 39.0 Å². The zero-order chi connectivity index (χ0) is 35.3. The van der Waals surface area contributed by atoms with Crippen LogP contribution in [0.25, 0.3) is 0 Å². The summed E-state index contributed by atoms with van der Waals surface area (Å²) in [5.41, 5.74) is 2.97. The topological polar surface area (TPSA) is 114 Å². The smallest absolute Gasteiger partial charge is 0.261 e. The highest BCUT2D eigenvalue weighted by Crippen LogP contribution is 2.21. The molecule has 9 nitrogen and oxygen atoms in total. The first-order chi connectivity index (χ1) is 24.2. The van der Waals surface area contributed by atoms with E-state index in [0.717, 1.165) is 28.8 Å². The number of halogens is 1. The maximum atomic E-state index is 14.0. The Morgan fingerprint density at radius 3 is 1.96 bits per heavy atom. The maximum Gasteiger partial charge on any atom is 0.261 e. The highest BCUT2D eigenvalue weighted by Gasteiger charge is 2.30. The predicted molar refractivity (Wildman–Crippen MR) is 190 cm³/mol. The summed E-state index contributed by atoms with van der Waals surface area (Å²) in [7, 11) is -2.39. The molecule has 0 aliphatic carbocycles. The van der Waals surface area contributed by atoms with E-state index in [9.17, 15) is 22.4 Å². The molecule has 5 aromatic carbocycles. The number of rotatable bonds is 16. The Morgan fingerprint density at radius 1 is 0.740 bits per heavy atom. The van der Waals surface area contributed by atoms with Gasteiger partial charge in [-0.05, 0) is 83.8 Å². The molecule has 0 spiro atoms. The molecule has 258 valence electrons. The molecule has 2 N–H and O–H groups in total. The summed E-state index contributed by atoms with van der Waals surface area (Å²) in [4.78, 5) is 29.3. The van der Waals surface area contributed by atoms with E-state index in [0.29, 0.717) is 18.7 Å². The van der Waals surface area contributed by atoms with Gasteiger partial charge in [0.15, 0.2) is 6.61 Å². The molecule has 2 amide bonds. The van der Waals surface area contributed by atoms with Crippen LogP contribution in [0.3, 0.4) is 0 Å². The molecule has 0 saturated carbocycles. The summed E-state index contributed by atoms with van der Waals surface area (Å²) in [6, 6.07) is 36.2. The number of sulfonamides is 1. The summed E-state index contributed by atoms with van der Waals surface area (Å²) < 4.78 is 52.5. The van der Waals surface area contributed by atoms with E-state index in [1.165, 1.54) is 41.3 Å². The summed E-state index contributed by atoms with van der Waals surface area (Å²) >= 11 is 0. The van der Waals surface area contributed by atoms with Crippen LogP contribution in [0.1, 0.15) is 16.7 Å². The molecule has 5 aromatic rings. The van der Waals surface area contributed by atoms with Crippen LogP contribution in [0, 0.1) is 5.82 Å². The maximum absolute atomic E-state index is 14.0. The standard InChI is InChI=1S/C39H38FN3O6S/c1-48-34-18-12-31(13-19-34)27-43(37(26-30-10-6-3-7-11-30)39(45)41-25-24-29-8-4-2-5-9-29)38(44)28-49-35-20-22-36(23-21-35)50(46,47)42-33-16-14-32(40)15-17-33/h2-23,37,42H,24-28H2,1H3,(H,41,45)/t37-/m1/s1. The zero-order valence-corrected chi connectivity index (χ0v) is 28.3. The van der Waals surface area contributed by atoms with Crippen molar-refractivity contribution in [1.82, 2.24) is 10.2 Å². The lowest BCUT2D eigenvalue weighted by atomic mass is 10.0. The average Bonchev–Trinajstić information content (AvgIpc) is 3.14. The first-order valence-corrected chi connectivity index (χ1v) is 17.5. The van der Waals surface area contributed by atoms with E-state index in [1.807, 2.05) is 72.8 Å². The monoisotopic (exact) mass is 695 g/mol. The van der Waals surface area contributed by atoms with Crippen molar-refractivity contribution in [1.29, 1.82) is 0 Å². The first kappa shape index (κ1) is 35.6. The van der Waals surface area contributed by atoms with Gasteiger partial charge in [0.2, 0.25) is 5.91 Å². The second-order valence-electron chi connectivity index (χ2n) is 11.5. The van der Waals surface area contributed by atoms with Gasteiger partial charge in [0.1, 0.15) is 23.4 Å². The molecule has 0 radical (unpaired) electrons. The second kappa shape index (κ2) is 17.1. The Kier molecular flexibility index (Phi) is 12.2. The van der Waals surface area contributed by atoms with Crippen LogP contribution in [0.2, 0.25) is 0 Å². The lowest BCUT2D eigenvalue weighted by Crippen LogP contribution is -2.52. The molecule has 0 aromatic heterocycles. The number of nitrogens with one attached hydrogen (secondary N) is 2. The average molecular weight is 696 g/mol. The van der Waals surface area contributed by atoms with Gasteiger partial charge in [-0.1, -0.05) is 72.8 Å². The van der Waals surface area contributed by atoms with Crippen LogP contribution < -0.4 is 19.5 Å². The first-order valence-electron chi connectivity index (χ1n) is 16.0.